The fourth-order valence-electron chi connectivity index (χ4n) is 4.13. The first-order valence-electron chi connectivity index (χ1n) is 7.94. The molecule has 3 rings (SSSR count). The Morgan fingerprint density at radius 3 is 2.28 bits per heavy atom. The molecule has 0 unspecified atom stereocenters. The van der Waals surface area contributed by atoms with E-state index in [4.69, 9.17) is 0 Å². The van der Waals surface area contributed by atoms with Crippen molar-refractivity contribution < 1.29 is 0 Å². The van der Waals surface area contributed by atoms with Crippen LogP contribution >= 0.6 is 11.3 Å². The summed E-state index contributed by atoms with van der Waals surface area (Å²) in [6.45, 7) is 0. The van der Waals surface area contributed by atoms with Gasteiger partial charge in [0.2, 0.25) is 0 Å². The van der Waals surface area contributed by atoms with Gasteiger partial charge >= 0.3 is 0 Å². The molecule has 0 aromatic carbocycles. The van der Waals surface area contributed by atoms with E-state index in [1.165, 1.54) is 57.8 Å². The minimum absolute atomic E-state index is 0.888. The zero-order chi connectivity index (χ0) is 12.2. The van der Waals surface area contributed by atoms with E-state index in [1.54, 1.807) is 12.0 Å². The lowest BCUT2D eigenvalue weighted by Crippen LogP contribution is -2.17. The lowest BCUT2D eigenvalue weighted by Gasteiger charge is -2.32. The summed E-state index contributed by atoms with van der Waals surface area (Å²) in [4.78, 5) is 0. The Kier molecular flexibility index (Phi) is 4.40. The molecule has 1 aromatic rings. The molecule has 2 aliphatic rings. The van der Waals surface area contributed by atoms with Crippen LogP contribution in [0, 0.1) is 11.8 Å². The maximum Gasteiger partial charge on any atom is -0.00584 e. The molecule has 0 nitrogen and oxygen atoms in total. The molecule has 0 amide bonds. The van der Waals surface area contributed by atoms with Gasteiger partial charge < -0.3 is 0 Å². The molecule has 100 valence electrons. The molecule has 0 saturated heterocycles. The first-order valence-corrected chi connectivity index (χ1v) is 8.88. The van der Waals surface area contributed by atoms with Crippen molar-refractivity contribution in [3.8, 4) is 0 Å². The van der Waals surface area contributed by atoms with Gasteiger partial charge in [0.15, 0.2) is 0 Å². The Labute approximate surface area is 116 Å². The Balaban J connectivity index is 1.45. The van der Waals surface area contributed by atoms with Crippen molar-refractivity contribution in [3.05, 3.63) is 22.4 Å². The van der Waals surface area contributed by atoms with Crippen LogP contribution in [0.4, 0.5) is 0 Å². The van der Waals surface area contributed by atoms with Gasteiger partial charge in [-0.1, -0.05) is 32.1 Å². The number of hydrogen-bond acceptors (Lipinski definition) is 1. The second-order valence-electron chi connectivity index (χ2n) is 6.51. The Bertz CT molecular complexity index is 327. The zero-order valence-corrected chi connectivity index (χ0v) is 12.3. The van der Waals surface area contributed by atoms with Gasteiger partial charge in [0.25, 0.3) is 0 Å². The third-order valence-electron chi connectivity index (χ3n) is 5.25. The molecule has 1 heterocycles. The minimum Gasteiger partial charge on any atom is -0.152 e. The molecule has 0 aliphatic heterocycles. The van der Waals surface area contributed by atoms with Crippen molar-refractivity contribution in [3.63, 3.8) is 0 Å². The smallest absolute Gasteiger partial charge is 0.00584 e. The van der Waals surface area contributed by atoms with E-state index in [1.807, 2.05) is 11.3 Å². The average molecular weight is 262 g/mol. The molecular weight excluding hydrogens is 236 g/mol. The van der Waals surface area contributed by atoms with E-state index in [0.29, 0.717) is 0 Å². The SMILES string of the molecule is c1cc(C2CCC(CC3CCCCC3)CC2)cs1. The second-order valence-corrected chi connectivity index (χ2v) is 7.29. The number of thiophene rings is 1. The van der Waals surface area contributed by atoms with E-state index in [-0.39, 0.29) is 0 Å². The van der Waals surface area contributed by atoms with E-state index in [0.717, 1.165) is 17.8 Å². The molecule has 2 fully saturated rings. The van der Waals surface area contributed by atoms with Crippen LogP contribution in [-0.4, -0.2) is 0 Å². The summed E-state index contributed by atoms with van der Waals surface area (Å²) in [6, 6.07) is 2.34. The number of hydrogen-bond donors (Lipinski definition) is 0. The zero-order valence-electron chi connectivity index (χ0n) is 11.4. The largest absolute Gasteiger partial charge is 0.152 e. The highest BCUT2D eigenvalue weighted by Gasteiger charge is 2.25. The monoisotopic (exact) mass is 262 g/mol. The quantitative estimate of drug-likeness (QED) is 0.627. The van der Waals surface area contributed by atoms with E-state index >= 15 is 0 Å². The predicted molar refractivity (Wildman–Crippen MR) is 80.2 cm³/mol. The molecule has 1 heteroatoms. The average Bonchev–Trinajstić information content (AvgIpc) is 2.95. The van der Waals surface area contributed by atoms with Crippen LogP contribution < -0.4 is 0 Å². The standard InChI is InChI=1S/C17H26S/c1-2-4-14(5-3-1)12-15-6-8-16(9-7-15)17-10-11-18-13-17/h10-11,13-16H,1-9,12H2. The minimum atomic E-state index is 0.888. The molecule has 0 atom stereocenters. The van der Waals surface area contributed by atoms with E-state index in [2.05, 4.69) is 16.8 Å². The van der Waals surface area contributed by atoms with Crippen molar-refractivity contribution >= 4 is 11.3 Å². The molecule has 18 heavy (non-hydrogen) atoms. The fraction of sp³-hybridized carbons (Fsp3) is 0.765. The summed E-state index contributed by atoms with van der Waals surface area (Å²) in [5, 5.41) is 4.61. The lowest BCUT2D eigenvalue weighted by molar-refractivity contribution is 0.233. The second kappa shape index (κ2) is 6.23. The van der Waals surface area contributed by atoms with Gasteiger partial charge in [-0.15, -0.1) is 0 Å². The maximum absolute atomic E-state index is 2.37. The van der Waals surface area contributed by atoms with Crippen LogP contribution in [0.5, 0.6) is 0 Å². The van der Waals surface area contributed by atoms with Crippen molar-refractivity contribution in [1.82, 2.24) is 0 Å². The van der Waals surface area contributed by atoms with Gasteiger partial charge in [-0.05, 0) is 72.2 Å². The highest BCUT2D eigenvalue weighted by molar-refractivity contribution is 7.07. The molecule has 1 aromatic heterocycles. The van der Waals surface area contributed by atoms with Crippen molar-refractivity contribution in [2.75, 3.05) is 0 Å². The van der Waals surface area contributed by atoms with Crippen LogP contribution in [0.15, 0.2) is 16.8 Å². The normalized spacial score (nSPS) is 30.4. The summed E-state index contributed by atoms with van der Waals surface area (Å²) in [5.74, 6) is 3.03. The van der Waals surface area contributed by atoms with Crippen molar-refractivity contribution in [2.24, 2.45) is 11.8 Å². The topological polar surface area (TPSA) is 0 Å². The molecule has 0 N–H and O–H groups in total. The molecular formula is C17H26S. The van der Waals surface area contributed by atoms with Crippen molar-refractivity contribution in [1.29, 1.82) is 0 Å². The summed E-state index contributed by atoms with van der Waals surface area (Å²) in [7, 11) is 0. The van der Waals surface area contributed by atoms with Gasteiger partial charge in [-0.3, -0.25) is 0 Å². The van der Waals surface area contributed by atoms with Crippen LogP contribution in [0.1, 0.15) is 75.7 Å². The Morgan fingerprint density at radius 2 is 1.61 bits per heavy atom. The number of rotatable bonds is 3. The third-order valence-corrected chi connectivity index (χ3v) is 5.95. The van der Waals surface area contributed by atoms with E-state index in [9.17, 15) is 0 Å². The first-order chi connectivity index (χ1) is 8.92. The van der Waals surface area contributed by atoms with Gasteiger partial charge in [0.05, 0.1) is 0 Å². The predicted octanol–water partition coefficient (Wildman–Crippen LogP) is 5.99. The fourth-order valence-corrected chi connectivity index (χ4v) is 4.88. The van der Waals surface area contributed by atoms with Crippen LogP contribution in [0.25, 0.3) is 0 Å². The molecule has 0 spiro atoms. The van der Waals surface area contributed by atoms with Gasteiger partial charge in [0, 0.05) is 0 Å². The first kappa shape index (κ1) is 12.7. The van der Waals surface area contributed by atoms with Gasteiger partial charge in [-0.2, -0.15) is 11.3 Å². The van der Waals surface area contributed by atoms with E-state index < -0.39 is 0 Å². The molecule has 2 saturated carbocycles. The maximum atomic E-state index is 2.37. The molecule has 0 radical (unpaired) electrons. The molecule has 2 aliphatic carbocycles. The van der Waals surface area contributed by atoms with Crippen LogP contribution in [-0.2, 0) is 0 Å². The summed E-state index contributed by atoms with van der Waals surface area (Å²) < 4.78 is 0. The Hall–Kier alpha value is -0.300. The summed E-state index contributed by atoms with van der Waals surface area (Å²) in [5.41, 5.74) is 1.62. The highest BCUT2D eigenvalue weighted by Crippen LogP contribution is 2.40. The highest BCUT2D eigenvalue weighted by atomic mass is 32.1. The van der Waals surface area contributed by atoms with Gasteiger partial charge in [0.1, 0.15) is 0 Å². The third kappa shape index (κ3) is 3.17. The Morgan fingerprint density at radius 1 is 0.889 bits per heavy atom. The molecule has 0 bridgehead atoms. The van der Waals surface area contributed by atoms with Crippen LogP contribution in [0.2, 0.25) is 0 Å². The summed E-state index contributed by atoms with van der Waals surface area (Å²) in [6.07, 6.45) is 15.0. The van der Waals surface area contributed by atoms with Gasteiger partial charge in [-0.25, -0.2) is 0 Å². The summed E-state index contributed by atoms with van der Waals surface area (Å²) >= 11 is 1.86. The van der Waals surface area contributed by atoms with Crippen LogP contribution in [0.3, 0.4) is 0 Å². The van der Waals surface area contributed by atoms with Crippen molar-refractivity contribution in [2.45, 2.75) is 70.1 Å². The lowest BCUT2D eigenvalue weighted by atomic mass is 9.74.